The van der Waals surface area contributed by atoms with E-state index in [9.17, 15) is 4.79 Å². The summed E-state index contributed by atoms with van der Waals surface area (Å²) in [6.07, 6.45) is 2.46. The Morgan fingerprint density at radius 3 is 2.53 bits per heavy atom. The van der Waals surface area contributed by atoms with E-state index in [2.05, 4.69) is 0 Å². The van der Waals surface area contributed by atoms with E-state index in [1.807, 2.05) is 61.5 Å². The maximum Gasteiger partial charge on any atom is 0.152 e. The van der Waals surface area contributed by atoms with Crippen molar-refractivity contribution in [1.29, 1.82) is 0 Å². The number of hydrogen-bond donors (Lipinski definition) is 0. The van der Waals surface area contributed by atoms with Crippen LogP contribution in [0, 0.1) is 6.92 Å². The van der Waals surface area contributed by atoms with Crippen molar-refractivity contribution in [3.05, 3.63) is 70.8 Å². The summed E-state index contributed by atoms with van der Waals surface area (Å²) in [4.78, 5) is 11.3. The molecule has 0 saturated heterocycles. The summed E-state index contributed by atoms with van der Waals surface area (Å²) in [5.74, 6) is 0.818. The molecule has 0 unspecified atom stereocenters. The number of hydrogen-bond acceptors (Lipinski definition) is 2. The van der Waals surface area contributed by atoms with Crippen LogP contribution in [-0.2, 0) is 4.79 Å². The summed E-state index contributed by atoms with van der Waals surface area (Å²) < 4.78 is 5.96. The highest BCUT2D eigenvalue weighted by Gasteiger charge is 2.23. The number of carbonyl (C=O) groups is 1. The molecule has 0 aliphatic carbocycles. The van der Waals surface area contributed by atoms with Gasteiger partial charge in [0.1, 0.15) is 12.0 Å². The van der Waals surface area contributed by atoms with Gasteiger partial charge in [0.05, 0.1) is 0 Å². The molecule has 19 heavy (non-hydrogen) atoms. The van der Waals surface area contributed by atoms with E-state index in [1.54, 1.807) is 0 Å². The van der Waals surface area contributed by atoms with Crippen LogP contribution < -0.4 is 4.74 Å². The highest BCUT2D eigenvalue weighted by Crippen LogP contribution is 2.36. The number of para-hydroxylation sites is 1. The van der Waals surface area contributed by atoms with Crippen LogP contribution in [-0.4, -0.2) is 6.29 Å². The summed E-state index contributed by atoms with van der Waals surface area (Å²) in [6.45, 7) is 2.04. The number of fused-ring (bicyclic) bond motifs is 1. The third-order valence-electron chi connectivity index (χ3n) is 3.30. The maximum atomic E-state index is 11.3. The maximum absolute atomic E-state index is 11.3. The van der Waals surface area contributed by atoms with Crippen LogP contribution >= 0.6 is 0 Å². The summed E-state index contributed by atoms with van der Waals surface area (Å²) in [7, 11) is 0. The van der Waals surface area contributed by atoms with Crippen molar-refractivity contribution in [2.75, 3.05) is 0 Å². The molecule has 0 radical (unpaired) electrons. The second kappa shape index (κ2) is 4.73. The van der Waals surface area contributed by atoms with Crippen LogP contribution in [0.15, 0.2) is 54.1 Å². The van der Waals surface area contributed by atoms with Gasteiger partial charge in [0.25, 0.3) is 0 Å². The smallest absolute Gasteiger partial charge is 0.152 e. The van der Waals surface area contributed by atoms with Crippen LogP contribution in [0.2, 0.25) is 0 Å². The van der Waals surface area contributed by atoms with Gasteiger partial charge >= 0.3 is 0 Å². The molecule has 0 amide bonds. The number of carbonyl (C=O) groups excluding carboxylic acids is 1. The van der Waals surface area contributed by atoms with Crippen LogP contribution in [0.5, 0.6) is 5.75 Å². The van der Waals surface area contributed by atoms with Crippen LogP contribution in [0.25, 0.3) is 6.08 Å². The molecule has 2 aromatic carbocycles. The summed E-state index contributed by atoms with van der Waals surface area (Å²) in [5.41, 5.74) is 3.80. The lowest BCUT2D eigenvalue weighted by atomic mass is 9.96. The number of rotatable bonds is 2. The fraction of sp³-hybridized carbons (Fsp3) is 0.118. The highest BCUT2D eigenvalue weighted by molar-refractivity contribution is 5.85. The van der Waals surface area contributed by atoms with Crippen molar-refractivity contribution in [2.24, 2.45) is 0 Å². The van der Waals surface area contributed by atoms with Crippen LogP contribution in [0.1, 0.15) is 22.8 Å². The van der Waals surface area contributed by atoms with E-state index in [0.29, 0.717) is 5.57 Å². The Morgan fingerprint density at radius 2 is 1.79 bits per heavy atom. The average molecular weight is 250 g/mol. The van der Waals surface area contributed by atoms with Gasteiger partial charge in [-0.25, -0.2) is 0 Å². The largest absolute Gasteiger partial charge is 0.480 e. The van der Waals surface area contributed by atoms with Crippen LogP contribution in [0.4, 0.5) is 0 Å². The van der Waals surface area contributed by atoms with Crippen molar-refractivity contribution in [3.63, 3.8) is 0 Å². The van der Waals surface area contributed by atoms with Crippen molar-refractivity contribution in [2.45, 2.75) is 13.0 Å². The minimum absolute atomic E-state index is 0.312. The molecular formula is C17H14O2. The third kappa shape index (κ3) is 2.17. The van der Waals surface area contributed by atoms with Crippen molar-refractivity contribution >= 4 is 12.4 Å². The lowest BCUT2D eigenvalue weighted by molar-refractivity contribution is -0.105. The van der Waals surface area contributed by atoms with Gasteiger partial charge in [-0.05, 0) is 24.6 Å². The molecule has 0 N–H and O–H groups in total. The first kappa shape index (κ1) is 11.7. The monoisotopic (exact) mass is 250 g/mol. The Balaban J connectivity index is 2.04. The van der Waals surface area contributed by atoms with E-state index in [0.717, 1.165) is 23.2 Å². The van der Waals surface area contributed by atoms with Crippen LogP contribution in [0.3, 0.4) is 0 Å². The van der Waals surface area contributed by atoms with Gasteiger partial charge in [0.2, 0.25) is 0 Å². The van der Waals surface area contributed by atoms with E-state index >= 15 is 0 Å². The minimum Gasteiger partial charge on any atom is -0.480 e. The zero-order chi connectivity index (χ0) is 13.2. The molecule has 0 saturated carbocycles. The fourth-order valence-electron chi connectivity index (χ4n) is 2.25. The first-order valence-corrected chi connectivity index (χ1v) is 6.27. The molecule has 0 spiro atoms. The Morgan fingerprint density at radius 1 is 1.05 bits per heavy atom. The lowest BCUT2D eigenvalue weighted by Gasteiger charge is -2.25. The molecule has 1 heterocycles. The Kier molecular flexibility index (Phi) is 2.92. The number of benzene rings is 2. The topological polar surface area (TPSA) is 26.3 Å². The molecule has 94 valence electrons. The molecule has 0 fully saturated rings. The zero-order valence-electron chi connectivity index (χ0n) is 10.7. The van der Waals surface area contributed by atoms with Gasteiger partial charge in [0, 0.05) is 11.1 Å². The molecule has 0 bridgehead atoms. The molecular weight excluding hydrogens is 236 g/mol. The normalized spacial score (nSPS) is 17.1. The van der Waals surface area contributed by atoms with Crippen molar-refractivity contribution in [1.82, 2.24) is 0 Å². The summed E-state index contributed by atoms with van der Waals surface area (Å²) in [6, 6.07) is 15.8. The molecule has 3 rings (SSSR count). The molecule has 2 nitrogen and oxygen atoms in total. The molecule has 1 aliphatic heterocycles. The summed E-state index contributed by atoms with van der Waals surface area (Å²) in [5, 5.41) is 0. The van der Waals surface area contributed by atoms with Crippen molar-refractivity contribution < 1.29 is 9.53 Å². The van der Waals surface area contributed by atoms with Gasteiger partial charge < -0.3 is 4.74 Å². The van der Waals surface area contributed by atoms with Gasteiger partial charge in [-0.1, -0.05) is 48.0 Å². The average Bonchev–Trinajstić information content (AvgIpc) is 2.46. The quantitative estimate of drug-likeness (QED) is 0.759. The van der Waals surface area contributed by atoms with Gasteiger partial charge in [-0.3, -0.25) is 4.79 Å². The van der Waals surface area contributed by atoms with E-state index < -0.39 is 0 Å². The minimum atomic E-state index is -0.312. The fourth-order valence-corrected chi connectivity index (χ4v) is 2.25. The third-order valence-corrected chi connectivity index (χ3v) is 3.30. The first-order valence-electron chi connectivity index (χ1n) is 6.27. The Bertz CT molecular complexity index is 639. The molecule has 2 heteroatoms. The van der Waals surface area contributed by atoms with E-state index in [-0.39, 0.29) is 6.10 Å². The number of aldehydes is 1. The summed E-state index contributed by atoms with van der Waals surface area (Å²) >= 11 is 0. The first-order chi connectivity index (χ1) is 9.28. The second-order valence-corrected chi connectivity index (χ2v) is 4.71. The number of aryl methyl sites for hydroxylation is 1. The SMILES string of the molecule is Cc1ccc([C@H]2Oc3ccccc3C=C2C=O)cc1. The highest BCUT2D eigenvalue weighted by atomic mass is 16.5. The van der Waals surface area contributed by atoms with Gasteiger partial charge in [0.15, 0.2) is 6.10 Å². The molecule has 2 aromatic rings. The predicted octanol–water partition coefficient (Wildman–Crippen LogP) is 3.71. The molecule has 0 aromatic heterocycles. The second-order valence-electron chi connectivity index (χ2n) is 4.71. The van der Waals surface area contributed by atoms with E-state index in [4.69, 9.17) is 4.74 Å². The Hall–Kier alpha value is -2.35. The zero-order valence-corrected chi connectivity index (χ0v) is 10.7. The lowest BCUT2D eigenvalue weighted by Crippen LogP contribution is -2.15. The number of ether oxygens (including phenoxy) is 1. The standard InChI is InChI=1S/C17H14O2/c1-12-6-8-13(9-7-12)17-15(11-18)10-14-4-2-3-5-16(14)19-17/h2-11,17H,1H3/t17-/m1/s1. The van der Waals surface area contributed by atoms with Crippen molar-refractivity contribution in [3.8, 4) is 5.75 Å². The molecule has 1 atom stereocenters. The van der Waals surface area contributed by atoms with E-state index in [1.165, 1.54) is 5.56 Å². The Labute approximate surface area is 112 Å². The van der Waals surface area contributed by atoms with Gasteiger partial charge in [-0.15, -0.1) is 0 Å². The molecule has 1 aliphatic rings. The predicted molar refractivity (Wildman–Crippen MR) is 75.0 cm³/mol. The van der Waals surface area contributed by atoms with Gasteiger partial charge in [-0.2, -0.15) is 0 Å².